The number of hydrogen-bond donors (Lipinski definition) is 2. The molecule has 2 saturated carbocycles. The van der Waals surface area contributed by atoms with Crippen LogP contribution in [0.2, 0.25) is 0 Å². The maximum Gasteiger partial charge on any atom is 0.323 e. The van der Waals surface area contributed by atoms with Crippen LogP contribution in [0.1, 0.15) is 85.5 Å². The van der Waals surface area contributed by atoms with E-state index in [1.165, 1.54) is 0 Å². The summed E-state index contributed by atoms with van der Waals surface area (Å²) in [6.07, 6.45) is 6.80. The summed E-state index contributed by atoms with van der Waals surface area (Å²) in [4.78, 5) is 37.7. The van der Waals surface area contributed by atoms with Crippen molar-refractivity contribution < 1.29 is 23.9 Å². The van der Waals surface area contributed by atoms with Crippen LogP contribution in [0.5, 0.6) is 0 Å². The van der Waals surface area contributed by atoms with E-state index in [0.29, 0.717) is 19.4 Å². The largest absolute Gasteiger partial charge is 0.466 e. The lowest BCUT2D eigenvalue weighted by Gasteiger charge is -2.35. The summed E-state index contributed by atoms with van der Waals surface area (Å²) < 4.78 is 10.6. The Morgan fingerprint density at radius 3 is 2.38 bits per heavy atom. The molecule has 2 aliphatic carbocycles. The number of amides is 1. The van der Waals surface area contributed by atoms with E-state index in [0.717, 1.165) is 44.9 Å². The van der Waals surface area contributed by atoms with E-state index < -0.39 is 23.0 Å². The SMILES string of the molecule is CCOC(=O)C1CCCC(NC(=O)C2(CC(N)C(=O)OC(C)(C)C)CCCC2)C1. The highest BCUT2D eigenvalue weighted by atomic mass is 16.6. The average molecular weight is 411 g/mol. The van der Waals surface area contributed by atoms with Gasteiger partial charge in [0.05, 0.1) is 17.9 Å². The molecule has 0 aromatic rings. The van der Waals surface area contributed by atoms with Gasteiger partial charge in [-0.1, -0.05) is 19.3 Å². The third-order valence-electron chi connectivity index (χ3n) is 5.99. The first-order valence-electron chi connectivity index (χ1n) is 11.0. The summed E-state index contributed by atoms with van der Waals surface area (Å²) in [5, 5.41) is 3.17. The van der Waals surface area contributed by atoms with Crippen molar-refractivity contribution in [1.29, 1.82) is 0 Å². The Kier molecular flexibility index (Phi) is 8.09. The molecule has 0 saturated heterocycles. The van der Waals surface area contributed by atoms with E-state index in [9.17, 15) is 14.4 Å². The molecule has 3 N–H and O–H groups in total. The third-order valence-corrected chi connectivity index (χ3v) is 5.99. The number of nitrogens with one attached hydrogen (secondary N) is 1. The van der Waals surface area contributed by atoms with E-state index in [-0.39, 0.29) is 23.8 Å². The minimum Gasteiger partial charge on any atom is -0.466 e. The Morgan fingerprint density at radius 1 is 1.14 bits per heavy atom. The second kappa shape index (κ2) is 9.92. The van der Waals surface area contributed by atoms with E-state index in [1.54, 1.807) is 27.7 Å². The van der Waals surface area contributed by atoms with Crippen molar-refractivity contribution in [2.75, 3.05) is 6.61 Å². The Hall–Kier alpha value is -1.63. The fourth-order valence-corrected chi connectivity index (χ4v) is 4.59. The maximum absolute atomic E-state index is 13.2. The number of carbonyl (C=O) groups excluding carboxylic acids is 3. The second-order valence-electron chi connectivity index (χ2n) is 9.62. The molecule has 7 nitrogen and oxygen atoms in total. The van der Waals surface area contributed by atoms with Gasteiger partial charge < -0.3 is 20.5 Å². The number of hydrogen-bond acceptors (Lipinski definition) is 6. The molecule has 3 atom stereocenters. The quantitative estimate of drug-likeness (QED) is 0.625. The van der Waals surface area contributed by atoms with Crippen molar-refractivity contribution in [3.63, 3.8) is 0 Å². The van der Waals surface area contributed by atoms with Crippen LogP contribution in [0.3, 0.4) is 0 Å². The van der Waals surface area contributed by atoms with Crippen LogP contribution in [0.4, 0.5) is 0 Å². The Morgan fingerprint density at radius 2 is 1.79 bits per heavy atom. The minimum atomic E-state index is -0.822. The van der Waals surface area contributed by atoms with Gasteiger partial charge in [-0.05, 0) is 66.2 Å². The van der Waals surface area contributed by atoms with Crippen molar-refractivity contribution in [3.8, 4) is 0 Å². The highest BCUT2D eigenvalue weighted by Crippen LogP contribution is 2.42. The van der Waals surface area contributed by atoms with E-state index in [2.05, 4.69) is 5.32 Å². The Balaban J connectivity index is 1.99. The number of rotatable bonds is 7. The molecule has 2 aliphatic rings. The van der Waals surface area contributed by atoms with E-state index in [1.807, 2.05) is 0 Å². The van der Waals surface area contributed by atoms with Gasteiger partial charge in [0.1, 0.15) is 11.6 Å². The monoisotopic (exact) mass is 410 g/mol. The van der Waals surface area contributed by atoms with Crippen LogP contribution < -0.4 is 11.1 Å². The van der Waals surface area contributed by atoms with Crippen LogP contribution in [-0.4, -0.2) is 42.1 Å². The molecule has 0 spiro atoms. The lowest BCUT2D eigenvalue weighted by atomic mass is 9.78. The van der Waals surface area contributed by atoms with Crippen molar-refractivity contribution in [2.45, 2.75) is 103 Å². The molecule has 0 aliphatic heterocycles. The first-order chi connectivity index (χ1) is 13.6. The Labute approximate surface area is 174 Å². The number of ether oxygens (including phenoxy) is 2. The summed E-state index contributed by atoms with van der Waals surface area (Å²) in [7, 11) is 0. The molecule has 3 unspecified atom stereocenters. The first kappa shape index (κ1) is 23.6. The van der Waals surface area contributed by atoms with Gasteiger partial charge in [-0.3, -0.25) is 14.4 Å². The van der Waals surface area contributed by atoms with Gasteiger partial charge in [0.2, 0.25) is 5.91 Å². The van der Waals surface area contributed by atoms with Crippen molar-refractivity contribution in [1.82, 2.24) is 5.32 Å². The van der Waals surface area contributed by atoms with Crippen LogP contribution in [-0.2, 0) is 23.9 Å². The van der Waals surface area contributed by atoms with Crippen LogP contribution in [0.15, 0.2) is 0 Å². The second-order valence-corrected chi connectivity index (χ2v) is 9.62. The molecule has 0 bridgehead atoms. The molecule has 29 heavy (non-hydrogen) atoms. The first-order valence-corrected chi connectivity index (χ1v) is 11.0. The Bertz CT molecular complexity index is 593. The van der Waals surface area contributed by atoms with Gasteiger partial charge in [-0.25, -0.2) is 0 Å². The van der Waals surface area contributed by atoms with Gasteiger partial charge >= 0.3 is 11.9 Å². The lowest BCUT2D eigenvalue weighted by molar-refractivity contribution is -0.158. The molecule has 7 heteroatoms. The molecule has 1 amide bonds. The summed E-state index contributed by atoms with van der Waals surface area (Å²) in [5.74, 6) is -0.827. The molecular weight excluding hydrogens is 372 g/mol. The summed E-state index contributed by atoms with van der Waals surface area (Å²) in [6, 6.07) is -0.863. The van der Waals surface area contributed by atoms with E-state index >= 15 is 0 Å². The fraction of sp³-hybridized carbons (Fsp3) is 0.864. The minimum absolute atomic E-state index is 0.0384. The molecule has 0 heterocycles. The molecule has 0 aromatic carbocycles. The zero-order valence-corrected chi connectivity index (χ0v) is 18.4. The molecule has 2 fully saturated rings. The number of carbonyl (C=O) groups is 3. The molecule has 2 rings (SSSR count). The van der Waals surface area contributed by atoms with Crippen LogP contribution >= 0.6 is 0 Å². The smallest absolute Gasteiger partial charge is 0.323 e. The molecular formula is C22H38N2O5. The standard InChI is InChI=1S/C22H38N2O5/c1-5-28-18(25)15-9-8-10-16(13-15)24-20(27)22(11-6-7-12-22)14-17(23)19(26)29-21(2,3)4/h15-17H,5-14,23H2,1-4H3,(H,24,27). The zero-order valence-electron chi connectivity index (χ0n) is 18.4. The van der Waals surface area contributed by atoms with Gasteiger partial charge in [0.25, 0.3) is 0 Å². The number of esters is 2. The topological polar surface area (TPSA) is 108 Å². The van der Waals surface area contributed by atoms with Gasteiger partial charge in [-0.15, -0.1) is 0 Å². The number of nitrogens with two attached hydrogens (primary N) is 1. The van der Waals surface area contributed by atoms with Crippen molar-refractivity contribution in [2.24, 2.45) is 17.1 Å². The lowest BCUT2D eigenvalue weighted by Crippen LogP contribution is -2.50. The van der Waals surface area contributed by atoms with Gasteiger partial charge in [0.15, 0.2) is 0 Å². The zero-order chi connectivity index (χ0) is 21.7. The third kappa shape index (κ3) is 6.69. The van der Waals surface area contributed by atoms with Crippen LogP contribution in [0.25, 0.3) is 0 Å². The molecule has 0 aromatic heterocycles. The average Bonchev–Trinajstić information content (AvgIpc) is 3.10. The molecule has 166 valence electrons. The summed E-state index contributed by atoms with van der Waals surface area (Å²) >= 11 is 0. The summed E-state index contributed by atoms with van der Waals surface area (Å²) in [6.45, 7) is 7.59. The normalized spacial score (nSPS) is 25.1. The predicted molar refractivity (Wildman–Crippen MR) is 110 cm³/mol. The highest BCUT2D eigenvalue weighted by Gasteiger charge is 2.45. The van der Waals surface area contributed by atoms with Gasteiger partial charge in [0, 0.05) is 6.04 Å². The maximum atomic E-state index is 13.2. The van der Waals surface area contributed by atoms with Gasteiger partial charge in [-0.2, -0.15) is 0 Å². The summed E-state index contributed by atoms with van der Waals surface area (Å²) in [5.41, 5.74) is 4.90. The molecule has 0 radical (unpaired) electrons. The van der Waals surface area contributed by atoms with Crippen LogP contribution in [0, 0.1) is 11.3 Å². The van der Waals surface area contributed by atoms with Crippen molar-refractivity contribution in [3.05, 3.63) is 0 Å². The predicted octanol–water partition coefficient (Wildman–Crippen LogP) is 2.84. The van der Waals surface area contributed by atoms with E-state index in [4.69, 9.17) is 15.2 Å². The highest BCUT2D eigenvalue weighted by molar-refractivity contribution is 5.85. The fourth-order valence-electron chi connectivity index (χ4n) is 4.59. The van der Waals surface area contributed by atoms with Crippen molar-refractivity contribution >= 4 is 17.8 Å².